The number of hydrogen-bond acceptors (Lipinski definition) is 4. The van der Waals surface area contributed by atoms with Gasteiger partial charge < -0.3 is 0 Å². The Morgan fingerprint density at radius 3 is 2.52 bits per heavy atom. The van der Waals surface area contributed by atoms with E-state index >= 15 is 0 Å². The van der Waals surface area contributed by atoms with Crippen LogP contribution in [0.3, 0.4) is 0 Å². The average molecular weight is 379 g/mol. The van der Waals surface area contributed by atoms with Crippen molar-refractivity contribution in [2.45, 2.75) is 25.8 Å². The van der Waals surface area contributed by atoms with Crippen LogP contribution in [0.2, 0.25) is 0 Å². The molecule has 3 rings (SSSR count). The fourth-order valence-electron chi connectivity index (χ4n) is 3.19. The van der Waals surface area contributed by atoms with Gasteiger partial charge in [-0.15, -0.1) is 11.3 Å². The maximum absolute atomic E-state index is 12.2. The van der Waals surface area contributed by atoms with E-state index in [9.17, 15) is 8.42 Å². The SMILES string of the molecule is O=S(=O)(CCc1ccccc1)NCC1CCN(Cc2cccs2)CC1. The van der Waals surface area contributed by atoms with Gasteiger partial charge in [0.25, 0.3) is 0 Å². The van der Waals surface area contributed by atoms with E-state index in [0.29, 0.717) is 18.9 Å². The van der Waals surface area contributed by atoms with Crippen LogP contribution in [0.4, 0.5) is 0 Å². The van der Waals surface area contributed by atoms with Gasteiger partial charge >= 0.3 is 0 Å². The molecule has 0 amide bonds. The molecule has 1 aliphatic heterocycles. The Kier molecular flexibility index (Phi) is 6.64. The lowest BCUT2D eigenvalue weighted by molar-refractivity contribution is 0.180. The van der Waals surface area contributed by atoms with E-state index < -0.39 is 10.0 Å². The molecule has 0 bridgehead atoms. The van der Waals surface area contributed by atoms with Crippen molar-refractivity contribution in [1.29, 1.82) is 0 Å². The van der Waals surface area contributed by atoms with E-state index in [1.807, 2.05) is 30.3 Å². The molecule has 0 spiro atoms. The third kappa shape index (κ3) is 6.22. The molecule has 4 nitrogen and oxygen atoms in total. The highest BCUT2D eigenvalue weighted by Gasteiger charge is 2.21. The minimum Gasteiger partial charge on any atom is -0.298 e. The van der Waals surface area contributed by atoms with Crippen LogP contribution in [-0.4, -0.2) is 38.7 Å². The molecular formula is C19H26N2O2S2. The van der Waals surface area contributed by atoms with E-state index in [4.69, 9.17) is 0 Å². The third-order valence-electron chi connectivity index (χ3n) is 4.76. The van der Waals surface area contributed by atoms with Gasteiger partial charge in [-0.05, 0) is 55.3 Å². The van der Waals surface area contributed by atoms with Crippen LogP contribution < -0.4 is 4.72 Å². The van der Waals surface area contributed by atoms with E-state index in [-0.39, 0.29) is 5.75 Å². The van der Waals surface area contributed by atoms with Gasteiger partial charge in [0, 0.05) is 18.0 Å². The molecule has 1 fully saturated rings. The molecule has 2 aromatic rings. The normalized spacial score (nSPS) is 17.0. The Bertz CT molecular complexity index is 722. The summed E-state index contributed by atoms with van der Waals surface area (Å²) in [5, 5.41) is 2.12. The van der Waals surface area contributed by atoms with Gasteiger partial charge in [0.15, 0.2) is 0 Å². The van der Waals surface area contributed by atoms with E-state index in [0.717, 1.165) is 38.0 Å². The Hall–Kier alpha value is -1.21. The van der Waals surface area contributed by atoms with E-state index in [1.54, 1.807) is 11.3 Å². The molecule has 25 heavy (non-hydrogen) atoms. The summed E-state index contributed by atoms with van der Waals surface area (Å²) >= 11 is 1.80. The standard InChI is InChI=1S/C19H26N2O2S2/c22-25(23,14-10-17-5-2-1-3-6-17)20-15-18-8-11-21(12-9-18)16-19-7-4-13-24-19/h1-7,13,18,20H,8-12,14-16H2. The Labute approximate surface area is 154 Å². The number of nitrogens with zero attached hydrogens (tertiary/aromatic N) is 1. The van der Waals surface area contributed by atoms with Crippen LogP contribution in [0.5, 0.6) is 0 Å². The number of piperidine rings is 1. The van der Waals surface area contributed by atoms with Crippen LogP contribution in [-0.2, 0) is 23.0 Å². The van der Waals surface area contributed by atoms with Crippen molar-refractivity contribution < 1.29 is 8.42 Å². The van der Waals surface area contributed by atoms with Gasteiger partial charge in [0.1, 0.15) is 0 Å². The highest BCUT2D eigenvalue weighted by atomic mass is 32.2. The summed E-state index contributed by atoms with van der Waals surface area (Å²) in [6.07, 6.45) is 2.69. The molecule has 6 heteroatoms. The van der Waals surface area contributed by atoms with Crippen molar-refractivity contribution >= 4 is 21.4 Å². The van der Waals surface area contributed by atoms with Gasteiger partial charge in [-0.2, -0.15) is 0 Å². The van der Waals surface area contributed by atoms with Crippen molar-refractivity contribution in [1.82, 2.24) is 9.62 Å². The summed E-state index contributed by atoms with van der Waals surface area (Å²) in [6.45, 7) is 3.69. The second kappa shape index (κ2) is 8.94. The lowest BCUT2D eigenvalue weighted by Gasteiger charge is -2.31. The molecule has 0 unspecified atom stereocenters. The molecular weight excluding hydrogens is 352 g/mol. The predicted molar refractivity (Wildman–Crippen MR) is 104 cm³/mol. The Morgan fingerprint density at radius 2 is 1.84 bits per heavy atom. The second-order valence-electron chi connectivity index (χ2n) is 6.70. The maximum Gasteiger partial charge on any atom is 0.211 e. The van der Waals surface area contributed by atoms with Crippen LogP contribution in [0, 0.1) is 5.92 Å². The van der Waals surface area contributed by atoms with Gasteiger partial charge in [0.05, 0.1) is 5.75 Å². The molecule has 2 heterocycles. The highest BCUT2D eigenvalue weighted by Crippen LogP contribution is 2.20. The highest BCUT2D eigenvalue weighted by molar-refractivity contribution is 7.89. The minimum absolute atomic E-state index is 0.161. The van der Waals surface area contributed by atoms with Gasteiger partial charge in [-0.25, -0.2) is 13.1 Å². The van der Waals surface area contributed by atoms with Crippen LogP contribution >= 0.6 is 11.3 Å². The van der Waals surface area contributed by atoms with Crippen molar-refractivity contribution in [3.63, 3.8) is 0 Å². The summed E-state index contributed by atoms with van der Waals surface area (Å²) in [5.41, 5.74) is 1.06. The first-order valence-electron chi connectivity index (χ1n) is 8.87. The fourth-order valence-corrected chi connectivity index (χ4v) is 5.07. The largest absolute Gasteiger partial charge is 0.298 e. The minimum atomic E-state index is -3.20. The number of sulfonamides is 1. The maximum atomic E-state index is 12.2. The first-order valence-corrected chi connectivity index (χ1v) is 11.4. The number of aryl methyl sites for hydroxylation is 1. The molecule has 0 saturated carbocycles. The van der Waals surface area contributed by atoms with Gasteiger partial charge in [-0.1, -0.05) is 36.4 Å². The van der Waals surface area contributed by atoms with Crippen molar-refractivity contribution in [3.8, 4) is 0 Å². The van der Waals surface area contributed by atoms with Crippen LogP contribution in [0.25, 0.3) is 0 Å². The molecule has 0 atom stereocenters. The molecule has 1 aromatic heterocycles. The number of hydrogen-bond donors (Lipinski definition) is 1. The summed E-state index contributed by atoms with van der Waals surface area (Å²) in [5.74, 6) is 0.611. The summed E-state index contributed by atoms with van der Waals surface area (Å²) in [4.78, 5) is 3.87. The zero-order valence-corrected chi connectivity index (χ0v) is 16.1. The third-order valence-corrected chi connectivity index (χ3v) is 6.97. The molecule has 1 N–H and O–H groups in total. The number of benzene rings is 1. The van der Waals surface area contributed by atoms with Crippen molar-refractivity contribution in [2.24, 2.45) is 5.92 Å². The lowest BCUT2D eigenvalue weighted by Crippen LogP contribution is -2.38. The van der Waals surface area contributed by atoms with Crippen LogP contribution in [0.1, 0.15) is 23.3 Å². The average Bonchev–Trinajstić information content (AvgIpc) is 3.14. The van der Waals surface area contributed by atoms with E-state index in [1.165, 1.54) is 4.88 Å². The fraction of sp³-hybridized carbons (Fsp3) is 0.474. The Morgan fingerprint density at radius 1 is 1.08 bits per heavy atom. The monoisotopic (exact) mass is 378 g/mol. The number of likely N-dealkylation sites (tertiary alicyclic amines) is 1. The molecule has 136 valence electrons. The molecule has 1 saturated heterocycles. The topological polar surface area (TPSA) is 49.4 Å². The number of rotatable bonds is 8. The van der Waals surface area contributed by atoms with Gasteiger partial charge in [0.2, 0.25) is 10.0 Å². The molecule has 0 radical (unpaired) electrons. The summed E-state index contributed by atoms with van der Waals surface area (Å²) in [6, 6.07) is 14.0. The smallest absolute Gasteiger partial charge is 0.211 e. The summed E-state index contributed by atoms with van der Waals surface area (Å²) in [7, 11) is -3.20. The van der Waals surface area contributed by atoms with Crippen LogP contribution in [0.15, 0.2) is 47.8 Å². The zero-order valence-electron chi connectivity index (χ0n) is 14.4. The summed E-state index contributed by atoms with van der Waals surface area (Å²) < 4.78 is 27.2. The predicted octanol–water partition coefficient (Wildman–Crippen LogP) is 3.12. The lowest BCUT2D eigenvalue weighted by atomic mass is 9.97. The first kappa shape index (κ1) is 18.6. The first-order chi connectivity index (χ1) is 12.1. The Balaban J connectivity index is 1.37. The van der Waals surface area contributed by atoms with Crippen molar-refractivity contribution in [3.05, 3.63) is 58.3 Å². The van der Waals surface area contributed by atoms with Crippen molar-refractivity contribution in [2.75, 3.05) is 25.4 Å². The second-order valence-corrected chi connectivity index (χ2v) is 9.66. The van der Waals surface area contributed by atoms with Gasteiger partial charge in [-0.3, -0.25) is 4.90 Å². The molecule has 0 aliphatic carbocycles. The quantitative estimate of drug-likeness (QED) is 0.768. The molecule has 1 aliphatic rings. The zero-order chi connectivity index (χ0) is 17.5. The molecule has 1 aromatic carbocycles. The number of nitrogens with one attached hydrogen (secondary N) is 1. The van der Waals surface area contributed by atoms with E-state index in [2.05, 4.69) is 27.1 Å². The number of thiophene rings is 1.